The van der Waals surface area contributed by atoms with Crippen molar-refractivity contribution >= 4 is 40.9 Å². The summed E-state index contributed by atoms with van der Waals surface area (Å²) in [6.07, 6.45) is 2.50. The lowest BCUT2D eigenvalue weighted by atomic mass is 10.1. The van der Waals surface area contributed by atoms with Crippen molar-refractivity contribution in [2.75, 3.05) is 24.8 Å². The van der Waals surface area contributed by atoms with Crippen LogP contribution in [-0.4, -0.2) is 37.3 Å². The zero-order chi connectivity index (χ0) is 26.2. The lowest BCUT2D eigenvalue weighted by molar-refractivity contribution is -0.123. The van der Waals surface area contributed by atoms with E-state index in [0.29, 0.717) is 46.6 Å². The maximum Gasteiger partial charge on any atom is 0.280 e. The molecule has 1 heterocycles. The zero-order valence-electron chi connectivity index (χ0n) is 20.7. The molecular weight excluding hydrogens is 490 g/mol. The lowest BCUT2D eigenvalue weighted by Gasteiger charge is -2.14. The average Bonchev–Trinajstić information content (AvgIpc) is 3.17. The molecule has 3 aromatic rings. The molecule has 3 aromatic carbocycles. The van der Waals surface area contributed by atoms with Gasteiger partial charge in [-0.15, -0.1) is 0 Å². The highest BCUT2D eigenvalue weighted by atomic mass is 35.5. The van der Waals surface area contributed by atoms with Crippen molar-refractivity contribution in [3.63, 3.8) is 0 Å². The van der Waals surface area contributed by atoms with Gasteiger partial charge in [0.15, 0.2) is 18.1 Å². The predicted molar refractivity (Wildman–Crippen MR) is 146 cm³/mol. The van der Waals surface area contributed by atoms with Crippen molar-refractivity contribution in [2.24, 2.45) is 5.10 Å². The van der Waals surface area contributed by atoms with Crippen LogP contribution in [0.4, 0.5) is 5.69 Å². The van der Waals surface area contributed by atoms with Crippen LogP contribution in [0.3, 0.4) is 0 Å². The van der Waals surface area contributed by atoms with Gasteiger partial charge in [-0.1, -0.05) is 60.1 Å². The zero-order valence-corrected chi connectivity index (χ0v) is 21.5. The fourth-order valence-corrected chi connectivity index (χ4v) is 4.04. The molecule has 0 radical (unpaired) electrons. The van der Waals surface area contributed by atoms with E-state index in [-0.39, 0.29) is 18.4 Å². The number of halogens is 1. The lowest BCUT2D eigenvalue weighted by Crippen LogP contribution is -2.30. The molecule has 0 saturated heterocycles. The summed E-state index contributed by atoms with van der Waals surface area (Å²) >= 11 is 6.26. The molecule has 4 rings (SSSR count). The number of ether oxygens (including phenoxy) is 2. The molecule has 190 valence electrons. The monoisotopic (exact) mass is 517 g/mol. The number of hydrogen-bond acceptors (Lipinski definition) is 5. The second-order valence-corrected chi connectivity index (χ2v) is 8.73. The topological polar surface area (TPSA) is 80.2 Å². The maximum absolute atomic E-state index is 13.1. The highest BCUT2D eigenvalue weighted by Crippen LogP contribution is 2.33. The molecule has 0 bridgehead atoms. The largest absolute Gasteiger partial charge is 0.490 e. The van der Waals surface area contributed by atoms with E-state index < -0.39 is 0 Å². The van der Waals surface area contributed by atoms with Gasteiger partial charge in [0, 0.05) is 6.54 Å². The molecule has 0 aromatic heterocycles. The molecular formula is C29H28ClN3O4. The van der Waals surface area contributed by atoms with Gasteiger partial charge in [-0.05, 0) is 61.7 Å². The molecule has 8 heteroatoms. The van der Waals surface area contributed by atoms with E-state index in [1.807, 2.05) is 37.3 Å². The minimum absolute atomic E-state index is 0.133. The maximum atomic E-state index is 13.1. The number of carbonyl (C=O) groups excluding carboxylic acids is 2. The van der Waals surface area contributed by atoms with Crippen molar-refractivity contribution in [3.05, 3.63) is 94.5 Å². The van der Waals surface area contributed by atoms with E-state index in [0.717, 1.165) is 17.5 Å². The Bertz CT molecular complexity index is 1340. The number of anilines is 1. The molecule has 7 nitrogen and oxygen atoms in total. The van der Waals surface area contributed by atoms with E-state index in [2.05, 4.69) is 10.4 Å². The molecule has 0 saturated carbocycles. The Morgan fingerprint density at radius 1 is 1.03 bits per heavy atom. The van der Waals surface area contributed by atoms with Crippen LogP contribution >= 0.6 is 11.6 Å². The summed E-state index contributed by atoms with van der Waals surface area (Å²) in [6, 6.07) is 22.3. The number of rotatable bonds is 10. The van der Waals surface area contributed by atoms with Gasteiger partial charge >= 0.3 is 0 Å². The third-order valence-electron chi connectivity index (χ3n) is 5.66. The fraction of sp³-hybridized carbons (Fsp3) is 0.207. The summed E-state index contributed by atoms with van der Waals surface area (Å²) in [5, 5.41) is 9.01. The number of amides is 2. The van der Waals surface area contributed by atoms with E-state index in [9.17, 15) is 9.59 Å². The Labute approximate surface area is 221 Å². The van der Waals surface area contributed by atoms with Gasteiger partial charge in [-0.25, -0.2) is 0 Å². The summed E-state index contributed by atoms with van der Waals surface area (Å²) in [6.45, 7) is 4.45. The van der Waals surface area contributed by atoms with Gasteiger partial charge in [-0.2, -0.15) is 10.1 Å². The third-order valence-corrected chi connectivity index (χ3v) is 5.98. The molecule has 0 aliphatic carbocycles. The van der Waals surface area contributed by atoms with Crippen LogP contribution in [0, 0.1) is 0 Å². The first-order valence-electron chi connectivity index (χ1n) is 12.0. The van der Waals surface area contributed by atoms with Gasteiger partial charge in [0.05, 0.1) is 28.6 Å². The number of hydrazone groups is 1. The summed E-state index contributed by atoms with van der Waals surface area (Å²) in [5.74, 6) is 0.448. The second-order valence-electron chi connectivity index (χ2n) is 8.33. The Hall–Kier alpha value is -4.10. The molecule has 2 amide bonds. The van der Waals surface area contributed by atoms with E-state index in [4.69, 9.17) is 21.1 Å². The molecule has 1 aliphatic heterocycles. The van der Waals surface area contributed by atoms with E-state index >= 15 is 0 Å². The summed E-state index contributed by atoms with van der Waals surface area (Å²) < 4.78 is 11.5. The van der Waals surface area contributed by atoms with Crippen LogP contribution in [-0.2, 0) is 16.0 Å². The molecule has 1 aliphatic rings. The molecule has 37 heavy (non-hydrogen) atoms. The van der Waals surface area contributed by atoms with Crippen LogP contribution in [0.1, 0.15) is 25.0 Å². The minimum atomic E-state index is -0.268. The summed E-state index contributed by atoms with van der Waals surface area (Å²) in [5.41, 5.74) is 3.45. The van der Waals surface area contributed by atoms with Crippen molar-refractivity contribution < 1.29 is 19.1 Å². The normalized spacial score (nSPS) is 14.0. The smallest absolute Gasteiger partial charge is 0.280 e. The Kier molecular flexibility index (Phi) is 8.59. The number of hydrogen-bond donors (Lipinski definition) is 1. The molecule has 0 fully saturated rings. The van der Waals surface area contributed by atoms with E-state index in [1.165, 1.54) is 5.01 Å². The molecule has 0 spiro atoms. The van der Waals surface area contributed by atoms with Crippen molar-refractivity contribution in [3.8, 4) is 11.5 Å². The first kappa shape index (κ1) is 26.0. The molecule has 0 unspecified atom stereocenters. The van der Waals surface area contributed by atoms with Gasteiger partial charge in [-0.3, -0.25) is 9.59 Å². The van der Waals surface area contributed by atoms with Gasteiger partial charge < -0.3 is 14.8 Å². The fourth-order valence-electron chi connectivity index (χ4n) is 3.82. The summed E-state index contributed by atoms with van der Waals surface area (Å²) in [7, 11) is 0. The van der Waals surface area contributed by atoms with Crippen LogP contribution in [0.15, 0.2) is 83.5 Å². The average molecular weight is 518 g/mol. The van der Waals surface area contributed by atoms with Gasteiger partial charge in [0.25, 0.3) is 11.8 Å². The first-order chi connectivity index (χ1) is 18.0. The van der Waals surface area contributed by atoms with Crippen LogP contribution in [0.25, 0.3) is 6.08 Å². The minimum Gasteiger partial charge on any atom is -0.490 e. The van der Waals surface area contributed by atoms with Crippen molar-refractivity contribution in [1.82, 2.24) is 5.32 Å². The Morgan fingerprint density at radius 3 is 2.54 bits per heavy atom. The van der Waals surface area contributed by atoms with Crippen molar-refractivity contribution in [2.45, 2.75) is 20.3 Å². The standard InChI is InChI=1S/C29H28ClN3O4/c1-3-36-27-18-22(17-23-20(2)32-33(29(23)35)25-12-8-7-11-24(25)30)13-14-26(27)37-19-28(34)31-16-15-21-9-5-4-6-10-21/h4-14,17-18H,3,15-16,19H2,1-2H3,(H,31,34)/b23-17-. The molecule has 0 atom stereocenters. The number of nitrogens with zero attached hydrogens (tertiary/aromatic N) is 2. The quantitative estimate of drug-likeness (QED) is 0.371. The van der Waals surface area contributed by atoms with Crippen LogP contribution in [0.5, 0.6) is 11.5 Å². The first-order valence-corrected chi connectivity index (χ1v) is 12.4. The third kappa shape index (κ3) is 6.57. The van der Waals surface area contributed by atoms with Crippen molar-refractivity contribution in [1.29, 1.82) is 0 Å². The number of nitrogens with one attached hydrogen (secondary N) is 1. The molecule has 1 N–H and O–H groups in total. The van der Waals surface area contributed by atoms with Gasteiger partial charge in [0.2, 0.25) is 0 Å². The number of carbonyl (C=O) groups is 2. The highest BCUT2D eigenvalue weighted by Gasteiger charge is 2.29. The van der Waals surface area contributed by atoms with Gasteiger partial charge in [0.1, 0.15) is 0 Å². The Balaban J connectivity index is 1.41. The predicted octanol–water partition coefficient (Wildman–Crippen LogP) is 5.28. The van der Waals surface area contributed by atoms with Crippen LogP contribution in [0.2, 0.25) is 5.02 Å². The van der Waals surface area contributed by atoms with E-state index in [1.54, 1.807) is 55.5 Å². The number of para-hydroxylation sites is 1. The Morgan fingerprint density at radius 2 is 1.78 bits per heavy atom. The summed E-state index contributed by atoms with van der Waals surface area (Å²) in [4.78, 5) is 25.4. The van der Waals surface area contributed by atoms with Crippen LogP contribution < -0.4 is 19.8 Å². The number of benzene rings is 3. The second kappa shape index (κ2) is 12.2. The highest BCUT2D eigenvalue weighted by molar-refractivity contribution is 6.37. The SMILES string of the molecule is CCOc1cc(/C=C2\C(=O)N(c3ccccc3Cl)N=C2C)ccc1OCC(=O)NCCc1ccccc1.